The van der Waals surface area contributed by atoms with Crippen molar-refractivity contribution in [3.05, 3.63) is 70.5 Å². The van der Waals surface area contributed by atoms with Crippen LogP contribution in [0.5, 0.6) is 0 Å². The summed E-state index contributed by atoms with van der Waals surface area (Å²) in [5, 5.41) is 0.688. The second-order valence-corrected chi connectivity index (χ2v) is 6.12. The molecule has 0 bridgehead atoms. The molecule has 4 heteroatoms. The third-order valence-electron chi connectivity index (χ3n) is 3.82. The molecule has 0 aliphatic heterocycles. The first kappa shape index (κ1) is 15.0. The van der Waals surface area contributed by atoms with Crippen LogP contribution < -0.4 is 0 Å². The second kappa shape index (κ2) is 6.49. The minimum Gasteiger partial charge on any atom is -0.335 e. The molecule has 1 aliphatic carbocycles. The maximum Gasteiger partial charge on any atom is 0.227 e. The van der Waals surface area contributed by atoms with E-state index in [-0.39, 0.29) is 18.1 Å². The van der Waals surface area contributed by atoms with Crippen molar-refractivity contribution in [2.45, 2.75) is 31.8 Å². The molecule has 0 atom stereocenters. The van der Waals surface area contributed by atoms with E-state index in [9.17, 15) is 9.18 Å². The molecule has 0 N–H and O–H groups in total. The van der Waals surface area contributed by atoms with Crippen molar-refractivity contribution in [3.63, 3.8) is 0 Å². The molecule has 22 heavy (non-hydrogen) atoms. The van der Waals surface area contributed by atoms with Gasteiger partial charge in [-0.2, -0.15) is 0 Å². The van der Waals surface area contributed by atoms with Gasteiger partial charge in [-0.05, 0) is 48.2 Å². The lowest BCUT2D eigenvalue weighted by atomic mass is 10.1. The zero-order valence-electron chi connectivity index (χ0n) is 12.1. The highest BCUT2D eigenvalue weighted by molar-refractivity contribution is 6.30. The molecule has 3 rings (SSSR count). The van der Waals surface area contributed by atoms with Gasteiger partial charge in [-0.15, -0.1) is 0 Å². The Morgan fingerprint density at radius 2 is 1.86 bits per heavy atom. The fraction of sp³-hybridized carbons (Fsp3) is 0.278. The Kier molecular flexibility index (Phi) is 4.44. The number of nitrogens with zero attached hydrogens (tertiary/aromatic N) is 1. The van der Waals surface area contributed by atoms with Crippen molar-refractivity contribution in [1.82, 2.24) is 4.90 Å². The molecule has 0 radical (unpaired) electrons. The molecular formula is C18H17ClFNO. The number of carbonyl (C=O) groups excluding carboxylic acids is 1. The van der Waals surface area contributed by atoms with Gasteiger partial charge >= 0.3 is 0 Å². The summed E-state index contributed by atoms with van der Waals surface area (Å²) >= 11 is 5.89. The summed E-state index contributed by atoms with van der Waals surface area (Å²) in [7, 11) is 0. The molecule has 0 spiro atoms. The van der Waals surface area contributed by atoms with Gasteiger partial charge in [-0.3, -0.25) is 4.79 Å². The molecule has 0 heterocycles. The van der Waals surface area contributed by atoms with Crippen LogP contribution in [0.3, 0.4) is 0 Å². The Bertz CT molecular complexity index is 667. The van der Waals surface area contributed by atoms with Crippen LogP contribution in [-0.2, 0) is 17.8 Å². The van der Waals surface area contributed by atoms with Crippen molar-refractivity contribution in [3.8, 4) is 0 Å². The maximum absolute atomic E-state index is 13.2. The van der Waals surface area contributed by atoms with E-state index in [2.05, 4.69) is 0 Å². The largest absolute Gasteiger partial charge is 0.335 e. The summed E-state index contributed by atoms with van der Waals surface area (Å²) in [5.41, 5.74) is 1.77. The van der Waals surface area contributed by atoms with E-state index in [0.717, 1.165) is 18.4 Å². The molecular weight excluding hydrogens is 301 g/mol. The lowest BCUT2D eigenvalue weighted by Gasteiger charge is -2.23. The fourth-order valence-electron chi connectivity index (χ4n) is 2.52. The lowest BCUT2D eigenvalue weighted by molar-refractivity contribution is -0.131. The third-order valence-corrected chi connectivity index (χ3v) is 4.07. The highest BCUT2D eigenvalue weighted by atomic mass is 35.5. The molecule has 0 saturated heterocycles. The smallest absolute Gasteiger partial charge is 0.227 e. The third kappa shape index (κ3) is 3.86. The zero-order valence-corrected chi connectivity index (χ0v) is 12.9. The van der Waals surface area contributed by atoms with Gasteiger partial charge in [0.2, 0.25) is 5.91 Å². The molecule has 1 fully saturated rings. The van der Waals surface area contributed by atoms with Crippen molar-refractivity contribution < 1.29 is 9.18 Å². The predicted molar refractivity (Wildman–Crippen MR) is 85.1 cm³/mol. The summed E-state index contributed by atoms with van der Waals surface area (Å²) in [5.74, 6) is -0.260. The van der Waals surface area contributed by atoms with Crippen LogP contribution in [0.15, 0.2) is 48.5 Å². The molecule has 114 valence electrons. The molecule has 2 aromatic rings. The number of halogens is 2. The number of hydrogen-bond acceptors (Lipinski definition) is 1. The molecule has 0 unspecified atom stereocenters. The standard InChI is InChI=1S/C18H17ClFNO/c19-15-6-4-13(5-7-15)12-21(17-8-9-17)18(22)11-14-2-1-3-16(20)10-14/h1-7,10,17H,8-9,11-12H2. The van der Waals surface area contributed by atoms with Gasteiger partial charge in [0.1, 0.15) is 5.82 Å². The summed E-state index contributed by atoms with van der Waals surface area (Å²) in [6.07, 6.45) is 2.33. The minimum atomic E-state index is -0.305. The summed E-state index contributed by atoms with van der Waals surface area (Å²) in [6.45, 7) is 0.579. The molecule has 1 saturated carbocycles. The Hall–Kier alpha value is -1.87. The van der Waals surface area contributed by atoms with E-state index in [1.807, 2.05) is 29.2 Å². The molecule has 2 aromatic carbocycles. The first-order chi connectivity index (χ1) is 10.6. The number of rotatable bonds is 5. The lowest BCUT2D eigenvalue weighted by Crippen LogP contribution is -2.33. The van der Waals surface area contributed by atoms with E-state index in [4.69, 9.17) is 11.6 Å². The SMILES string of the molecule is O=C(Cc1cccc(F)c1)N(Cc1ccc(Cl)cc1)C1CC1. The highest BCUT2D eigenvalue weighted by Gasteiger charge is 2.32. The Balaban J connectivity index is 1.70. The summed E-state index contributed by atoms with van der Waals surface area (Å²) in [4.78, 5) is 14.5. The van der Waals surface area contributed by atoms with Crippen LogP contribution >= 0.6 is 11.6 Å². The van der Waals surface area contributed by atoms with Gasteiger partial charge in [0.15, 0.2) is 0 Å². The van der Waals surface area contributed by atoms with Crippen LogP contribution in [-0.4, -0.2) is 16.8 Å². The van der Waals surface area contributed by atoms with Gasteiger partial charge in [-0.1, -0.05) is 35.9 Å². The minimum absolute atomic E-state index is 0.0445. The summed E-state index contributed by atoms with van der Waals surface area (Å²) < 4.78 is 13.2. The first-order valence-corrected chi connectivity index (χ1v) is 7.78. The number of hydrogen-bond donors (Lipinski definition) is 0. The Morgan fingerprint density at radius 1 is 1.14 bits per heavy atom. The quantitative estimate of drug-likeness (QED) is 0.809. The van der Waals surface area contributed by atoms with Crippen molar-refractivity contribution in [1.29, 1.82) is 0 Å². The predicted octanol–water partition coefficient (Wildman–Crippen LogP) is 4.21. The van der Waals surface area contributed by atoms with Crippen LogP contribution in [0.2, 0.25) is 5.02 Å². The van der Waals surface area contributed by atoms with E-state index in [0.29, 0.717) is 23.2 Å². The topological polar surface area (TPSA) is 20.3 Å². The van der Waals surface area contributed by atoms with Crippen LogP contribution in [0, 0.1) is 5.82 Å². The number of amides is 1. The van der Waals surface area contributed by atoms with E-state index in [1.165, 1.54) is 12.1 Å². The molecule has 1 amide bonds. The van der Waals surface area contributed by atoms with Crippen molar-refractivity contribution in [2.75, 3.05) is 0 Å². The Morgan fingerprint density at radius 3 is 2.50 bits per heavy atom. The molecule has 1 aliphatic rings. The van der Waals surface area contributed by atoms with Crippen LogP contribution in [0.1, 0.15) is 24.0 Å². The number of benzene rings is 2. The molecule has 2 nitrogen and oxygen atoms in total. The van der Waals surface area contributed by atoms with Gasteiger partial charge in [0, 0.05) is 17.6 Å². The summed E-state index contributed by atoms with van der Waals surface area (Å²) in [6, 6.07) is 14.1. The van der Waals surface area contributed by atoms with E-state index < -0.39 is 0 Å². The Labute approximate surface area is 134 Å². The van der Waals surface area contributed by atoms with E-state index in [1.54, 1.807) is 12.1 Å². The van der Waals surface area contributed by atoms with Crippen molar-refractivity contribution in [2.24, 2.45) is 0 Å². The monoisotopic (exact) mass is 317 g/mol. The van der Waals surface area contributed by atoms with Gasteiger partial charge in [-0.25, -0.2) is 4.39 Å². The van der Waals surface area contributed by atoms with Gasteiger partial charge < -0.3 is 4.90 Å². The highest BCUT2D eigenvalue weighted by Crippen LogP contribution is 2.29. The zero-order chi connectivity index (χ0) is 15.5. The average Bonchev–Trinajstić information content (AvgIpc) is 3.31. The first-order valence-electron chi connectivity index (χ1n) is 7.40. The average molecular weight is 318 g/mol. The van der Waals surface area contributed by atoms with Crippen LogP contribution in [0.25, 0.3) is 0 Å². The van der Waals surface area contributed by atoms with Crippen molar-refractivity contribution >= 4 is 17.5 Å². The van der Waals surface area contributed by atoms with Crippen LogP contribution in [0.4, 0.5) is 4.39 Å². The normalized spacial score (nSPS) is 13.9. The van der Waals surface area contributed by atoms with Gasteiger partial charge in [0.05, 0.1) is 6.42 Å². The van der Waals surface area contributed by atoms with Gasteiger partial charge in [0.25, 0.3) is 0 Å². The fourth-order valence-corrected chi connectivity index (χ4v) is 2.64. The second-order valence-electron chi connectivity index (χ2n) is 5.69. The maximum atomic E-state index is 13.2. The van der Waals surface area contributed by atoms with E-state index >= 15 is 0 Å². The molecule has 0 aromatic heterocycles. The number of carbonyl (C=O) groups is 1.